The predicted molar refractivity (Wildman–Crippen MR) is 69.5 cm³/mol. The summed E-state index contributed by atoms with van der Waals surface area (Å²) in [5, 5.41) is 10.1. The molecule has 0 amide bonds. The number of fused-ring (bicyclic) bond motifs is 1. The number of H-pyrrole nitrogens is 1. The molecule has 104 valence electrons. The minimum absolute atomic E-state index is 0.00305. The number of nitrogens with zero attached hydrogens (tertiary/aromatic N) is 3. The van der Waals surface area contributed by atoms with Crippen molar-refractivity contribution < 1.29 is 9.84 Å². The Labute approximate surface area is 109 Å². The lowest BCUT2D eigenvalue weighted by molar-refractivity contribution is 0.0576. The molecule has 0 aliphatic heterocycles. The highest BCUT2D eigenvalue weighted by molar-refractivity contribution is 5.70. The van der Waals surface area contributed by atoms with Gasteiger partial charge in [0.05, 0.1) is 12.4 Å². The van der Waals surface area contributed by atoms with E-state index in [-0.39, 0.29) is 23.2 Å². The lowest BCUT2D eigenvalue weighted by Crippen LogP contribution is -2.15. The van der Waals surface area contributed by atoms with Crippen LogP contribution < -0.4 is 11.3 Å². The van der Waals surface area contributed by atoms with Crippen molar-refractivity contribution in [2.24, 2.45) is 0 Å². The van der Waals surface area contributed by atoms with Crippen LogP contribution in [0.4, 0.5) is 5.95 Å². The van der Waals surface area contributed by atoms with Gasteiger partial charge in [-0.15, -0.1) is 0 Å². The van der Waals surface area contributed by atoms with Gasteiger partial charge < -0.3 is 15.6 Å². The van der Waals surface area contributed by atoms with Crippen LogP contribution in [0.3, 0.4) is 0 Å². The maximum Gasteiger partial charge on any atom is 0.280 e. The van der Waals surface area contributed by atoms with E-state index < -0.39 is 11.8 Å². The number of aliphatic hydroxyl groups is 1. The van der Waals surface area contributed by atoms with Gasteiger partial charge >= 0.3 is 0 Å². The summed E-state index contributed by atoms with van der Waals surface area (Å²) < 4.78 is 6.55. The Bertz CT molecular complexity index is 620. The molecule has 0 aliphatic carbocycles. The van der Waals surface area contributed by atoms with Crippen molar-refractivity contribution in [3.05, 3.63) is 16.7 Å². The van der Waals surface area contributed by atoms with Gasteiger partial charge in [0.1, 0.15) is 6.23 Å². The standard InChI is InChI=1S/C11H17N5O3/c1-6(19-2)3-4-7(17)16-5-13-8-9(16)14-11(12)15-10(8)18/h5-7,17H,3-4H2,1-2H3,(H3,12,14,15,18). The van der Waals surface area contributed by atoms with Crippen LogP contribution in [0.5, 0.6) is 0 Å². The van der Waals surface area contributed by atoms with E-state index in [1.807, 2.05) is 6.92 Å². The third-order valence-corrected chi connectivity index (χ3v) is 3.01. The molecule has 2 unspecified atom stereocenters. The number of imidazole rings is 1. The van der Waals surface area contributed by atoms with Crippen molar-refractivity contribution in [1.82, 2.24) is 19.5 Å². The van der Waals surface area contributed by atoms with Crippen LogP contribution in [-0.2, 0) is 4.74 Å². The smallest absolute Gasteiger partial charge is 0.280 e. The molecule has 0 radical (unpaired) electrons. The van der Waals surface area contributed by atoms with Crippen molar-refractivity contribution in [2.75, 3.05) is 12.8 Å². The summed E-state index contributed by atoms with van der Waals surface area (Å²) in [6.45, 7) is 1.92. The van der Waals surface area contributed by atoms with Crippen molar-refractivity contribution in [1.29, 1.82) is 0 Å². The van der Waals surface area contributed by atoms with E-state index >= 15 is 0 Å². The van der Waals surface area contributed by atoms with E-state index in [0.717, 1.165) is 0 Å². The second kappa shape index (κ2) is 5.37. The summed E-state index contributed by atoms with van der Waals surface area (Å²) in [6.07, 6.45) is 1.75. The van der Waals surface area contributed by atoms with Gasteiger partial charge in [0.2, 0.25) is 5.95 Å². The zero-order chi connectivity index (χ0) is 14.0. The largest absolute Gasteiger partial charge is 0.382 e. The van der Waals surface area contributed by atoms with Gasteiger partial charge in [0.25, 0.3) is 5.56 Å². The molecule has 2 aromatic rings. The molecular formula is C11H17N5O3. The SMILES string of the molecule is COC(C)CCC(O)n1cnc2c(=O)[nH]c(N)nc21. The molecule has 0 saturated carbocycles. The Balaban J connectivity index is 2.27. The number of ether oxygens (including phenoxy) is 1. The van der Waals surface area contributed by atoms with Gasteiger partial charge in [0.15, 0.2) is 11.2 Å². The van der Waals surface area contributed by atoms with Gasteiger partial charge in [-0.25, -0.2) is 4.98 Å². The Morgan fingerprint density at radius 3 is 3.00 bits per heavy atom. The summed E-state index contributed by atoms with van der Waals surface area (Å²) in [7, 11) is 1.62. The second-order valence-electron chi connectivity index (χ2n) is 4.38. The van der Waals surface area contributed by atoms with Gasteiger partial charge in [0, 0.05) is 7.11 Å². The summed E-state index contributed by atoms with van der Waals surface area (Å²) in [5.41, 5.74) is 5.51. The molecule has 8 heteroatoms. The minimum atomic E-state index is -0.823. The number of aromatic amines is 1. The molecule has 0 bridgehead atoms. The number of aromatic nitrogens is 4. The molecule has 0 fully saturated rings. The molecule has 4 N–H and O–H groups in total. The van der Waals surface area contributed by atoms with E-state index in [9.17, 15) is 9.90 Å². The van der Waals surface area contributed by atoms with E-state index in [1.165, 1.54) is 10.9 Å². The number of hydrogen-bond acceptors (Lipinski definition) is 6. The van der Waals surface area contributed by atoms with Gasteiger partial charge in [-0.1, -0.05) is 0 Å². The molecular weight excluding hydrogens is 250 g/mol. The highest BCUT2D eigenvalue weighted by Gasteiger charge is 2.15. The van der Waals surface area contributed by atoms with Gasteiger partial charge in [-0.05, 0) is 19.8 Å². The van der Waals surface area contributed by atoms with Crippen LogP contribution >= 0.6 is 0 Å². The number of nitrogens with two attached hydrogens (primary N) is 1. The van der Waals surface area contributed by atoms with E-state index in [2.05, 4.69) is 15.0 Å². The lowest BCUT2D eigenvalue weighted by atomic mass is 10.2. The predicted octanol–water partition coefficient (Wildman–Crippen LogP) is 0.00780. The van der Waals surface area contributed by atoms with Crippen LogP contribution in [0, 0.1) is 0 Å². The zero-order valence-corrected chi connectivity index (χ0v) is 10.8. The number of aliphatic hydroxyl groups excluding tert-OH is 1. The Morgan fingerprint density at radius 2 is 2.32 bits per heavy atom. The number of rotatable bonds is 5. The molecule has 2 aromatic heterocycles. The minimum Gasteiger partial charge on any atom is -0.382 e. The number of hydrogen-bond donors (Lipinski definition) is 3. The van der Waals surface area contributed by atoms with Crippen molar-refractivity contribution in [2.45, 2.75) is 32.1 Å². The molecule has 2 atom stereocenters. The van der Waals surface area contributed by atoms with Crippen LogP contribution in [0.15, 0.2) is 11.1 Å². The average Bonchev–Trinajstić information content (AvgIpc) is 2.79. The molecule has 2 heterocycles. The topological polar surface area (TPSA) is 119 Å². The van der Waals surface area contributed by atoms with Crippen LogP contribution in [0.2, 0.25) is 0 Å². The van der Waals surface area contributed by atoms with Crippen LogP contribution in [0.1, 0.15) is 26.0 Å². The maximum atomic E-state index is 11.6. The first-order chi connectivity index (χ1) is 9.02. The first-order valence-electron chi connectivity index (χ1n) is 5.96. The van der Waals surface area contributed by atoms with E-state index in [1.54, 1.807) is 7.11 Å². The van der Waals surface area contributed by atoms with Crippen LogP contribution in [0.25, 0.3) is 11.2 Å². The van der Waals surface area contributed by atoms with Crippen LogP contribution in [-0.4, -0.2) is 37.8 Å². The lowest BCUT2D eigenvalue weighted by Gasteiger charge is -2.15. The fourth-order valence-corrected chi connectivity index (χ4v) is 1.80. The average molecular weight is 267 g/mol. The Kier molecular flexibility index (Phi) is 3.82. The highest BCUT2D eigenvalue weighted by atomic mass is 16.5. The fourth-order valence-electron chi connectivity index (χ4n) is 1.80. The molecule has 2 rings (SSSR count). The van der Waals surface area contributed by atoms with Gasteiger partial charge in [-0.2, -0.15) is 4.98 Å². The molecule has 0 spiro atoms. The van der Waals surface area contributed by atoms with Crippen molar-refractivity contribution in [3.63, 3.8) is 0 Å². The quantitative estimate of drug-likeness (QED) is 0.702. The zero-order valence-electron chi connectivity index (χ0n) is 10.8. The molecule has 19 heavy (non-hydrogen) atoms. The summed E-state index contributed by atoms with van der Waals surface area (Å²) in [4.78, 5) is 21.9. The molecule has 0 aliphatic rings. The molecule has 0 saturated heterocycles. The van der Waals surface area contributed by atoms with Crippen molar-refractivity contribution in [3.8, 4) is 0 Å². The third kappa shape index (κ3) is 2.74. The number of nitrogens with one attached hydrogen (secondary N) is 1. The first-order valence-corrected chi connectivity index (χ1v) is 5.96. The Morgan fingerprint density at radius 1 is 1.58 bits per heavy atom. The first kappa shape index (κ1) is 13.5. The van der Waals surface area contributed by atoms with Crippen molar-refractivity contribution >= 4 is 17.1 Å². The number of methoxy groups -OCH3 is 1. The maximum absolute atomic E-state index is 11.6. The third-order valence-electron chi connectivity index (χ3n) is 3.01. The normalized spacial score (nSPS) is 14.7. The second-order valence-corrected chi connectivity index (χ2v) is 4.38. The van der Waals surface area contributed by atoms with E-state index in [4.69, 9.17) is 10.5 Å². The van der Waals surface area contributed by atoms with E-state index in [0.29, 0.717) is 12.8 Å². The van der Waals surface area contributed by atoms with Gasteiger partial charge in [-0.3, -0.25) is 14.3 Å². The highest BCUT2D eigenvalue weighted by Crippen LogP contribution is 2.17. The summed E-state index contributed by atoms with van der Waals surface area (Å²) in [6, 6.07) is 0. The Hall–Kier alpha value is -1.93. The summed E-state index contributed by atoms with van der Waals surface area (Å²) in [5.74, 6) is -0.00305. The monoisotopic (exact) mass is 267 g/mol. The number of nitrogen functional groups attached to an aromatic ring is 1. The number of anilines is 1. The molecule has 0 aromatic carbocycles. The fraction of sp³-hybridized carbons (Fsp3) is 0.545. The summed E-state index contributed by atoms with van der Waals surface area (Å²) >= 11 is 0. The molecule has 8 nitrogen and oxygen atoms in total.